The van der Waals surface area contributed by atoms with Gasteiger partial charge in [0.05, 0.1) is 6.10 Å². The number of rotatable bonds is 1. The summed E-state index contributed by atoms with van der Waals surface area (Å²) >= 11 is 0. The van der Waals surface area contributed by atoms with E-state index in [0.717, 1.165) is 0 Å². The van der Waals surface area contributed by atoms with E-state index in [4.69, 9.17) is 9.94 Å². The van der Waals surface area contributed by atoms with Gasteiger partial charge in [0.15, 0.2) is 6.23 Å². The second kappa shape index (κ2) is 3.87. The average Bonchev–Trinajstić information content (AvgIpc) is 2.07. The van der Waals surface area contributed by atoms with Gasteiger partial charge in [0.1, 0.15) is 18.3 Å². The Kier molecular flexibility index (Phi) is 3.23. The largest absolute Gasteiger partial charge is 0.388 e. The molecule has 4 unspecified atom stereocenters. The van der Waals surface area contributed by atoms with Crippen LogP contribution in [0.3, 0.4) is 0 Å². The fourth-order valence-electron chi connectivity index (χ4n) is 1.34. The molecular formula is C7H15NO5. The highest BCUT2D eigenvalue weighted by molar-refractivity contribution is 4.88. The molecule has 0 aliphatic carbocycles. The van der Waals surface area contributed by atoms with Gasteiger partial charge in [-0.2, -0.15) is 5.06 Å². The first-order valence-electron chi connectivity index (χ1n) is 4.06. The molecular weight excluding hydrogens is 178 g/mol. The zero-order chi connectivity index (χ0) is 10.2. The molecule has 0 radical (unpaired) electrons. The molecule has 0 bridgehead atoms. The monoisotopic (exact) mass is 193 g/mol. The van der Waals surface area contributed by atoms with Crippen LogP contribution < -0.4 is 0 Å². The van der Waals surface area contributed by atoms with Crippen LogP contribution in [-0.2, 0) is 4.74 Å². The van der Waals surface area contributed by atoms with Gasteiger partial charge in [-0.15, -0.1) is 0 Å². The molecule has 0 spiro atoms. The summed E-state index contributed by atoms with van der Waals surface area (Å²) in [5, 5.41) is 37.6. The predicted octanol–water partition coefficient (Wildman–Crippen LogP) is -1.87. The summed E-state index contributed by atoms with van der Waals surface area (Å²) in [6, 6.07) is 0. The highest BCUT2D eigenvalue weighted by atomic mass is 16.6. The van der Waals surface area contributed by atoms with Crippen molar-refractivity contribution in [2.75, 3.05) is 7.05 Å². The Bertz CT molecular complexity index is 176. The molecule has 4 N–H and O–H groups in total. The summed E-state index contributed by atoms with van der Waals surface area (Å²) in [4.78, 5) is 0. The third-order valence-electron chi connectivity index (χ3n) is 2.20. The van der Waals surface area contributed by atoms with Crippen molar-refractivity contribution in [3.05, 3.63) is 0 Å². The molecule has 78 valence electrons. The summed E-state index contributed by atoms with van der Waals surface area (Å²) in [7, 11) is 1.30. The van der Waals surface area contributed by atoms with E-state index in [1.165, 1.54) is 7.05 Å². The predicted molar refractivity (Wildman–Crippen MR) is 41.9 cm³/mol. The molecule has 1 rings (SSSR count). The first-order chi connectivity index (χ1) is 5.95. The van der Waals surface area contributed by atoms with Gasteiger partial charge in [0.25, 0.3) is 0 Å². The van der Waals surface area contributed by atoms with Gasteiger partial charge < -0.3 is 25.3 Å². The maximum atomic E-state index is 9.36. The second-order valence-electron chi connectivity index (χ2n) is 3.28. The highest BCUT2D eigenvalue weighted by Gasteiger charge is 2.43. The van der Waals surface area contributed by atoms with Gasteiger partial charge in [-0.3, -0.25) is 0 Å². The molecule has 1 fully saturated rings. The fourth-order valence-corrected chi connectivity index (χ4v) is 1.34. The molecule has 0 aromatic carbocycles. The van der Waals surface area contributed by atoms with Crippen molar-refractivity contribution in [1.29, 1.82) is 0 Å². The van der Waals surface area contributed by atoms with E-state index in [2.05, 4.69) is 0 Å². The van der Waals surface area contributed by atoms with Crippen LogP contribution in [0.25, 0.3) is 0 Å². The van der Waals surface area contributed by atoms with Gasteiger partial charge in [0.2, 0.25) is 0 Å². The Labute approximate surface area is 75.9 Å². The molecule has 0 aromatic rings. The lowest BCUT2D eigenvalue weighted by Gasteiger charge is -2.40. The molecule has 6 heteroatoms. The lowest BCUT2D eigenvalue weighted by atomic mass is 9.99. The maximum Gasteiger partial charge on any atom is 0.161 e. The topological polar surface area (TPSA) is 93.4 Å². The van der Waals surface area contributed by atoms with E-state index in [1.807, 2.05) is 0 Å². The maximum absolute atomic E-state index is 9.36. The number of hydrogen-bond donors (Lipinski definition) is 4. The standard InChI is InChI=1S/C7H15NO5/c1-3-4(9)5(10)6(11)7(13-3)8(2)12/h3-7,9-12H,1-2H3/t3?,4?,5?,6?,7-/m0/s1. The van der Waals surface area contributed by atoms with Crippen LogP contribution in [0.15, 0.2) is 0 Å². The Morgan fingerprint density at radius 1 is 1.08 bits per heavy atom. The molecule has 5 atom stereocenters. The van der Waals surface area contributed by atoms with E-state index >= 15 is 0 Å². The third kappa shape index (κ3) is 1.98. The Morgan fingerprint density at radius 2 is 1.62 bits per heavy atom. The molecule has 13 heavy (non-hydrogen) atoms. The van der Waals surface area contributed by atoms with Gasteiger partial charge in [-0.1, -0.05) is 0 Å². The van der Waals surface area contributed by atoms with E-state index in [9.17, 15) is 15.3 Å². The van der Waals surface area contributed by atoms with Crippen molar-refractivity contribution in [1.82, 2.24) is 5.06 Å². The van der Waals surface area contributed by atoms with Crippen LogP contribution in [0.2, 0.25) is 0 Å². The lowest BCUT2D eigenvalue weighted by molar-refractivity contribution is -0.305. The lowest BCUT2D eigenvalue weighted by Crippen LogP contribution is -2.60. The van der Waals surface area contributed by atoms with Gasteiger partial charge in [-0.25, -0.2) is 0 Å². The normalized spacial score (nSPS) is 46.8. The average molecular weight is 193 g/mol. The van der Waals surface area contributed by atoms with Crippen molar-refractivity contribution in [3.63, 3.8) is 0 Å². The van der Waals surface area contributed by atoms with Crippen molar-refractivity contribution in [2.24, 2.45) is 0 Å². The van der Waals surface area contributed by atoms with Crippen LogP contribution in [-0.4, -0.2) is 63.3 Å². The molecule has 0 aromatic heterocycles. The van der Waals surface area contributed by atoms with Crippen molar-refractivity contribution in [3.8, 4) is 0 Å². The SMILES string of the molecule is CC1O[C@H](N(C)O)C(O)C(O)C1O. The minimum atomic E-state index is -1.32. The number of hydroxylamine groups is 2. The fraction of sp³-hybridized carbons (Fsp3) is 1.00. The molecule has 6 nitrogen and oxygen atoms in total. The first-order valence-corrected chi connectivity index (χ1v) is 4.06. The summed E-state index contributed by atoms with van der Waals surface area (Å²) in [5.41, 5.74) is 0. The van der Waals surface area contributed by atoms with Crippen molar-refractivity contribution >= 4 is 0 Å². The minimum Gasteiger partial charge on any atom is -0.388 e. The summed E-state index contributed by atoms with van der Waals surface area (Å²) in [6.07, 6.45) is -5.39. The van der Waals surface area contributed by atoms with E-state index in [0.29, 0.717) is 5.06 Å². The highest BCUT2D eigenvalue weighted by Crippen LogP contribution is 2.21. The second-order valence-corrected chi connectivity index (χ2v) is 3.28. The molecule has 1 aliphatic heterocycles. The van der Waals surface area contributed by atoms with Crippen LogP contribution in [0.1, 0.15) is 6.92 Å². The van der Waals surface area contributed by atoms with Gasteiger partial charge in [0, 0.05) is 7.05 Å². The molecule has 1 saturated heterocycles. The summed E-state index contributed by atoms with van der Waals surface area (Å²) in [6.45, 7) is 1.55. The third-order valence-corrected chi connectivity index (χ3v) is 2.20. The Balaban J connectivity index is 2.70. The summed E-state index contributed by atoms with van der Waals surface area (Å²) in [5.74, 6) is 0. The number of likely N-dealkylation sites (N-methyl/N-ethyl adjacent to an activating group) is 1. The molecule has 0 saturated carbocycles. The molecule has 0 amide bonds. The van der Waals surface area contributed by atoms with Crippen LogP contribution >= 0.6 is 0 Å². The zero-order valence-electron chi connectivity index (χ0n) is 7.53. The minimum absolute atomic E-state index is 0.627. The van der Waals surface area contributed by atoms with Crippen LogP contribution in [0.4, 0.5) is 0 Å². The summed E-state index contributed by atoms with van der Waals surface area (Å²) < 4.78 is 5.06. The number of ether oxygens (including phenoxy) is 1. The van der Waals surface area contributed by atoms with Gasteiger partial charge >= 0.3 is 0 Å². The van der Waals surface area contributed by atoms with Crippen molar-refractivity contribution < 1.29 is 25.3 Å². The van der Waals surface area contributed by atoms with E-state index < -0.39 is 30.6 Å². The smallest absolute Gasteiger partial charge is 0.161 e. The quantitative estimate of drug-likeness (QED) is 0.365. The van der Waals surface area contributed by atoms with Crippen molar-refractivity contribution in [2.45, 2.75) is 37.6 Å². The Morgan fingerprint density at radius 3 is 2.08 bits per heavy atom. The Hall–Kier alpha value is -0.240. The number of nitrogens with zero attached hydrogens (tertiary/aromatic N) is 1. The first kappa shape index (κ1) is 10.8. The molecule has 1 heterocycles. The van der Waals surface area contributed by atoms with Gasteiger partial charge in [-0.05, 0) is 6.92 Å². The number of aliphatic hydroxyl groups is 3. The number of hydrogen-bond acceptors (Lipinski definition) is 6. The zero-order valence-corrected chi connectivity index (χ0v) is 7.53. The van der Waals surface area contributed by atoms with E-state index in [-0.39, 0.29) is 0 Å². The number of aliphatic hydroxyl groups excluding tert-OH is 3. The molecule has 1 aliphatic rings. The van der Waals surface area contributed by atoms with E-state index in [1.54, 1.807) is 6.92 Å². The van der Waals surface area contributed by atoms with Crippen LogP contribution in [0.5, 0.6) is 0 Å². The van der Waals surface area contributed by atoms with Crippen LogP contribution in [0, 0.1) is 0 Å².